The van der Waals surface area contributed by atoms with E-state index in [0.717, 1.165) is 34.4 Å². The highest BCUT2D eigenvalue weighted by atomic mass is 79.9. The van der Waals surface area contributed by atoms with Crippen molar-refractivity contribution in [2.24, 2.45) is 0 Å². The monoisotopic (exact) mass is 431 g/mol. The second-order valence-electron chi connectivity index (χ2n) is 5.13. The molecule has 130 valence electrons. The Bertz CT molecular complexity index is 695. The molecule has 0 saturated heterocycles. The van der Waals surface area contributed by atoms with Crippen LogP contribution in [-0.4, -0.2) is 13.2 Å². The van der Waals surface area contributed by atoms with Crippen molar-refractivity contribution < 1.29 is 9.47 Å². The maximum absolute atomic E-state index is 6.20. The van der Waals surface area contributed by atoms with Gasteiger partial charge >= 0.3 is 0 Å². The number of benzene rings is 2. The topological polar surface area (TPSA) is 30.5 Å². The highest BCUT2D eigenvalue weighted by Gasteiger charge is 2.12. The van der Waals surface area contributed by atoms with Gasteiger partial charge < -0.3 is 14.8 Å². The van der Waals surface area contributed by atoms with Crippen LogP contribution in [0.25, 0.3) is 0 Å². The molecule has 0 unspecified atom stereocenters. The molecule has 1 N–H and O–H groups in total. The molecule has 0 aliphatic heterocycles. The fraction of sp³-hybridized carbons (Fsp3) is 0.333. The molecule has 0 saturated carbocycles. The second kappa shape index (κ2) is 9.52. The van der Waals surface area contributed by atoms with E-state index >= 15 is 0 Å². The number of halogens is 3. The van der Waals surface area contributed by atoms with Gasteiger partial charge in [0, 0.05) is 26.6 Å². The first-order chi connectivity index (χ1) is 11.5. The predicted octanol–water partition coefficient (Wildman–Crippen LogP) is 5.84. The largest absolute Gasteiger partial charge is 0.490 e. The van der Waals surface area contributed by atoms with Crippen LogP contribution < -0.4 is 14.8 Å². The van der Waals surface area contributed by atoms with Crippen LogP contribution in [0.1, 0.15) is 25.0 Å². The Morgan fingerprint density at radius 1 is 1.00 bits per heavy atom. The Kier molecular flexibility index (Phi) is 7.69. The summed E-state index contributed by atoms with van der Waals surface area (Å²) in [6.07, 6.45) is 0. The van der Waals surface area contributed by atoms with E-state index in [9.17, 15) is 0 Å². The number of hydrogen-bond acceptors (Lipinski definition) is 3. The van der Waals surface area contributed by atoms with E-state index < -0.39 is 0 Å². The fourth-order valence-electron chi connectivity index (χ4n) is 2.15. The maximum Gasteiger partial charge on any atom is 0.162 e. The molecule has 24 heavy (non-hydrogen) atoms. The Morgan fingerprint density at radius 3 is 2.42 bits per heavy atom. The lowest BCUT2D eigenvalue weighted by Gasteiger charge is -2.16. The van der Waals surface area contributed by atoms with Gasteiger partial charge in [0.15, 0.2) is 11.5 Å². The van der Waals surface area contributed by atoms with E-state index in [4.69, 9.17) is 32.7 Å². The Balaban J connectivity index is 2.20. The van der Waals surface area contributed by atoms with Gasteiger partial charge in [0.05, 0.1) is 6.61 Å². The van der Waals surface area contributed by atoms with Crippen molar-refractivity contribution in [2.75, 3.05) is 13.2 Å². The highest BCUT2D eigenvalue weighted by molar-refractivity contribution is 9.10. The first kappa shape index (κ1) is 19.4. The van der Waals surface area contributed by atoms with E-state index in [0.29, 0.717) is 29.0 Å². The quantitative estimate of drug-likeness (QED) is 0.567. The Hall–Kier alpha value is -0.940. The number of rotatable bonds is 8. The van der Waals surface area contributed by atoms with Gasteiger partial charge in [0.1, 0.15) is 6.61 Å². The van der Waals surface area contributed by atoms with Crippen molar-refractivity contribution in [3.8, 4) is 11.5 Å². The number of ether oxygens (including phenoxy) is 2. The summed E-state index contributed by atoms with van der Waals surface area (Å²) in [5, 5.41) is 4.50. The molecule has 0 spiro atoms. The molecule has 2 rings (SSSR count). The summed E-state index contributed by atoms with van der Waals surface area (Å²) < 4.78 is 12.6. The van der Waals surface area contributed by atoms with E-state index in [-0.39, 0.29) is 0 Å². The molecule has 0 fully saturated rings. The summed E-state index contributed by atoms with van der Waals surface area (Å²) in [6.45, 7) is 6.61. The third-order valence-corrected chi connectivity index (χ3v) is 4.70. The molecule has 0 amide bonds. The average Bonchev–Trinajstić information content (AvgIpc) is 2.55. The van der Waals surface area contributed by atoms with Crippen LogP contribution in [0.2, 0.25) is 10.0 Å². The van der Waals surface area contributed by atoms with Crippen molar-refractivity contribution in [3.63, 3.8) is 0 Å². The number of nitrogens with one attached hydrogen (secondary N) is 1. The standard InChI is InChI=1S/C18H20BrCl2NO2/c1-3-22-10-13-7-17(23-4-2)18(9-15(13)19)24-11-12-5-6-14(20)8-16(12)21/h5-9,22H,3-4,10-11H2,1-2H3. The minimum atomic E-state index is 0.342. The lowest BCUT2D eigenvalue weighted by Crippen LogP contribution is -2.12. The van der Waals surface area contributed by atoms with E-state index in [1.807, 2.05) is 25.1 Å². The molecular weight excluding hydrogens is 413 g/mol. The van der Waals surface area contributed by atoms with Gasteiger partial charge in [-0.2, -0.15) is 0 Å². The predicted molar refractivity (Wildman–Crippen MR) is 103 cm³/mol. The van der Waals surface area contributed by atoms with Crippen LogP contribution in [-0.2, 0) is 13.2 Å². The zero-order valence-corrected chi connectivity index (χ0v) is 16.8. The zero-order chi connectivity index (χ0) is 17.5. The first-order valence-electron chi connectivity index (χ1n) is 7.77. The molecular formula is C18H20BrCl2NO2. The van der Waals surface area contributed by atoms with Crippen molar-refractivity contribution >= 4 is 39.1 Å². The van der Waals surface area contributed by atoms with Gasteiger partial charge in [0.2, 0.25) is 0 Å². The van der Waals surface area contributed by atoms with Gasteiger partial charge in [0.25, 0.3) is 0 Å². The minimum Gasteiger partial charge on any atom is -0.490 e. The maximum atomic E-state index is 6.20. The Morgan fingerprint density at radius 2 is 1.75 bits per heavy atom. The van der Waals surface area contributed by atoms with Crippen LogP contribution in [0.3, 0.4) is 0 Å². The second-order valence-corrected chi connectivity index (χ2v) is 6.83. The van der Waals surface area contributed by atoms with Crippen LogP contribution in [0.5, 0.6) is 11.5 Å². The van der Waals surface area contributed by atoms with E-state index in [1.54, 1.807) is 12.1 Å². The minimum absolute atomic E-state index is 0.342. The van der Waals surface area contributed by atoms with Crippen LogP contribution in [0.4, 0.5) is 0 Å². The SMILES string of the molecule is CCNCc1cc(OCC)c(OCc2ccc(Cl)cc2Cl)cc1Br. The van der Waals surface area contributed by atoms with Gasteiger partial charge in [-0.25, -0.2) is 0 Å². The fourth-order valence-corrected chi connectivity index (χ4v) is 3.07. The van der Waals surface area contributed by atoms with Crippen LogP contribution in [0.15, 0.2) is 34.8 Å². The third kappa shape index (κ3) is 5.28. The van der Waals surface area contributed by atoms with Crippen molar-refractivity contribution in [1.29, 1.82) is 0 Å². The number of hydrogen-bond donors (Lipinski definition) is 1. The third-order valence-electron chi connectivity index (χ3n) is 3.38. The molecule has 0 aliphatic rings. The summed E-state index contributed by atoms with van der Waals surface area (Å²) in [7, 11) is 0. The summed E-state index contributed by atoms with van der Waals surface area (Å²) in [6, 6.07) is 9.29. The summed E-state index contributed by atoms with van der Waals surface area (Å²) >= 11 is 15.7. The highest BCUT2D eigenvalue weighted by Crippen LogP contribution is 2.35. The zero-order valence-electron chi connectivity index (χ0n) is 13.7. The van der Waals surface area contributed by atoms with Crippen molar-refractivity contribution in [1.82, 2.24) is 5.32 Å². The average molecular weight is 433 g/mol. The molecule has 2 aromatic carbocycles. The van der Waals surface area contributed by atoms with Gasteiger partial charge in [-0.05, 0) is 43.3 Å². The lowest BCUT2D eigenvalue weighted by atomic mass is 10.2. The van der Waals surface area contributed by atoms with Crippen molar-refractivity contribution in [2.45, 2.75) is 27.0 Å². The molecule has 0 radical (unpaired) electrons. The molecule has 2 aromatic rings. The van der Waals surface area contributed by atoms with Gasteiger partial charge in [-0.1, -0.05) is 52.1 Å². The smallest absolute Gasteiger partial charge is 0.162 e. The van der Waals surface area contributed by atoms with Crippen LogP contribution in [0, 0.1) is 0 Å². The lowest BCUT2D eigenvalue weighted by molar-refractivity contribution is 0.269. The molecule has 0 aliphatic carbocycles. The van der Waals surface area contributed by atoms with Gasteiger partial charge in [-0.3, -0.25) is 0 Å². The molecule has 6 heteroatoms. The molecule has 0 aromatic heterocycles. The van der Waals surface area contributed by atoms with Crippen LogP contribution >= 0.6 is 39.1 Å². The Labute approximate surface area is 161 Å². The molecule has 3 nitrogen and oxygen atoms in total. The van der Waals surface area contributed by atoms with E-state index in [2.05, 4.69) is 28.2 Å². The molecule has 0 atom stereocenters. The normalized spacial score (nSPS) is 10.7. The van der Waals surface area contributed by atoms with Crippen molar-refractivity contribution in [3.05, 3.63) is 56.0 Å². The van der Waals surface area contributed by atoms with Gasteiger partial charge in [-0.15, -0.1) is 0 Å². The first-order valence-corrected chi connectivity index (χ1v) is 9.32. The van der Waals surface area contributed by atoms with E-state index in [1.165, 1.54) is 0 Å². The summed E-state index contributed by atoms with van der Waals surface area (Å²) in [5.74, 6) is 1.40. The summed E-state index contributed by atoms with van der Waals surface area (Å²) in [4.78, 5) is 0. The molecule has 0 bridgehead atoms. The summed E-state index contributed by atoms with van der Waals surface area (Å²) in [5.41, 5.74) is 1.99. The molecule has 0 heterocycles.